The van der Waals surface area contributed by atoms with Crippen molar-refractivity contribution in [1.29, 1.82) is 0 Å². The highest BCUT2D eigenvalue weighted by atomic mass is 35.5. The molecule has 0 aliphatic carbocycles. The quantitative estimate of drug-likeness (QED) is 0.813. The van der Waals surface area contributed by atoms with Crippen molar-refractivity contribution in [2.45, 2.75) is 6.54 Å². The van der Waals surface area contributed by atoms with Gasteiger partial charge in [-0.05, 0) is 12.1 Å². The molecule has 6 heteroatoms. The van der Waals surface area contributed by atoms with E-state index in [1.54, 1.807) is 19.2 Å². The molecular weight excluding hydrogens is 254 g/mol. The number of ether oxygens (including phenoxy) is 1. The predicted octanol–water partition coefficient (Wildman–Crippen LogP) is 2.13. The monoisotopic (exact) mass is 267 g/mol. The van der Waals surface area contributed by atoms with Crippen LogP contribution in [-0.2, 0) is 11.3 Å². The van der Waals surface area contributed by atoms with E-state index in [2.05, 4.69) is 15.5 Å². The molecule has 2 rings (SSSR count). The van der Waals surface area contributed by atoms with Crippen LogP contribution < -0.4 is 5.32 Å². The minimum Gasteiger partial charge on any atom is -0.383 e. The minimum atomic E-state index is 0.525. The van der Waals surface area contributed by atoms with E-state index < -0.39 is 0 Å². The molecule has 0 unspecified atom stereocenters. The van der Waals surface area contributed by atoms with Crippen molar-refractivity contribution in [1.82, 2.24) is 15.5 Å². The zero-order chi connectivity index (χ0) is 12.8. The van der Waals surface area contributed by atoms with Crippen LogP contribution >= 0.6 is 11.6 Å². The number of rotatable bonds is 6. The molecule has 1 aromatic heterocycles. The maximum Gasteiger partial charge on any atom is 0.240 e. The van der Waals surface area contributed by atoms with Gasteiger partial charge in [0.1, 0.15) is 0 Å². The molecule has 1 N–H and O–H groups in total. The normalized spacial score (nSPS) is 10.8. The first-order chi connectivity index (χ1) is 8.79. The summed E-state index contributed by atoms with van der Waals surface area (Å²) in [7, 11) is 1.66. The third-order valence-electron chi connectivity index (χ3n) is 2.31. The van der Waals surface area contributed by atoms with Crippen molar-refractivity contribution < 1.29 is 9.26 Å². The highest BCUT2D eigenvalue weighted by Crippen LogP contribution is 2.19. The van der Waals surface area contributed by atoms with E-state index >= 15 is 0 Å². The van der Waals surface area contributed by atoms with Gasteiger partial charge in [-0.1, -0.05) is 28.9 Å². The van der Waals surface area contributed by atoms with Crippen LogP contribution in [0.25, 0.3) is 11.4 Å². The van der Waals surface area contributed by atoms with Crippen LogP contribution in [0.3, 0.4) is 0 Å². The number of nitrogens with zero attached hydrogens (tertiary/aromatic N) is 2. The van der Waals surface area contributed by atoms with Gasteiger partial charge in [-0.3, -0.25) is 0 Å². The van der Waals surface area contributed by atoms with Gasteiger partial charge >= 0.3 is 0 Å². The number of hydrogen-bond acceptors (Lipinski definition) is 5. The predicted molar refractivity (Wildman–Crippen MR) is 68.3 cm³/mol. The smallest absolute Gasteiger partial charge is 0.240 e. The Hall–Kier alpha value is -1.43. The van der Waals surface area contributed by atoms with E-state index in [1.165, 1.54) is 0 Å². The van der Waals surface area contributed by atoms with E-state index in [4.69, 9.17) is 20.9 Å². The maximum absolute atomic E-state index is 5.91. The van der Waals surface area contributed by atoms with Gasteiger partial charge in [0, 0.05) is 24.2 Å². The lowest BCUT2D eigenvalue weighted by molar-refractivity contribution is 0.197. The summed E-state index contributed by atoms with van der Waals surface area (Å²) in [5, 5.41) is 7.69. The summed E-state index contributed by atoms with van der Waals surface area (Å²) < 4.78 is 10.1. The molecule has 0 fully saturated rings. The molecule has 0 atom stereocenters. The molecule has 5 nitrogen and oxygen atoms in total. The van der Waals surface area contributed by atoms with Crippen LogP contribution in [0, 0.1) is 0 Å². The number of hydrogen-bond donors (Lipinski definition) is 1. The molecular formula is C12H14ClN3O2. The molecule has 1 heterocycles. The van der Waals surface area contributed by atoms with Crippen LogP contribution in [0.1, 0.15) is 5.89 Å². The van der Waals surface area contributed by atoms with Crippen LogP contribution in [0.4, 0.5) is 0 Å². The lowest BCUT2D eigenvalue weighted by Gasteiger charge is -1.98. The van der Waals surface area contributed by atoms with E-state index in [1.807, 2.05) is 12.1 Å². The fourth-order valence-electron chi connectivity index (χ4n) is 1.44. The summed E-state index contributed by atoms with van der Waals surface area (Å²) in [6.45, 7) is 1.91. The largest absolute Gasteiger partial charge is 0.383 e. The number of aromatic nitrogens is 2. The molecule has 18 heavy (non-hydrogen) atoms. The number of methoxy groups -OCH3 is 1. The van der Waals surface area contributed by atoms with Gasteiger partial charge in [0.2, 0.25) is 11.7 Å². The summed E-state index contributed by atoms with van der Waals surface area (Å²) in [6.07, 6.45) is 0. The highest BCUT2D eigenvalue weighted by Gasteiger charge is 2.08. The SMILES string of the molecule is COCCNCc1nc(-c2cccc(Cl)c2)no1. The van der Waals surface area contributed by atoms with Crippen molar-refractivity contribution in [2.24, 2.45) is 0 Å². The summed E-state index contributed by atoms with van der Waals surface area (Å²) in [4.78, 5) is 4.28. The zero-order valence-corrected chi connectivity index (χ0v) is 10.8. The molecule has 0 saturated carbocycles. The fraction of sp³-hybridized carbons (Fsp3) is 0.333. The lowest BCUT2D eigenvalue weighted by Crippen LogP contribution is -2.18. The molecule has 0 radical (unpaired) electrons. The van der Waals surface area contributed by atoms with Gasteiger partial charge in [0.05, 0.1) is 13.2 Å². The Morgan fingerprint density at radius 1 is 1.44 bits per heavy atom. The summed E-state index contributed by atoms with van der Waals surface area (Å²) >= 11 is 5.91. The van der Waals surface area contributed by atoms with Crippen molar-refractivity contribution in [2.75, 3.05) is 20.3 Å². The Bertz CT molecular complexity index is 502. The number of nitrogens with one attached hydrogen (secondary N) is 1. The van der Waals surface area contributed by atoms with E-state index in [-0.39, 0.29) is 0 Å². The molecule has 96 valence electrons. The summed E-state index contributed by atoms with van der Waals surface area (Å²) in [5.74, 6) is 1.09. The molecule has 0 saturated heterocycles. The van der Waals surface area contributed by atoms with Gasteiger partial charge in [0.15, 0.2) is 0 Å². The second-order valence-corrected chi connectivity index (χ2v) is 4.13. The average Bonchev–Trinajstić information content (AvgIpc) is 2.83. The maximum atomic E-state index is 5.91. The summed E-state index contributed by atoms with van der Waals surface area (Å²) in [5.41, 5.74) is 0.842. The molecule has 0 amide bonds. The fourth-order valence-corrected chi connectivity index (χ4v) is 1.63. The molecule has 0 aliphatic heterocycles. The second-order valence-electron chi connectivity index (χ2n) is 3.69. The van der Waals surface area contributed by atoms with Gasteiger partial charge in [0.25, 0.3) is 0 Å². The van der Waals surface area contributed by atoms with E-state index in [9.17, 15) is 0 Å². The molecule has 0 aliphatic rings. The Labute approximate surface area is 110 Å². The minimum absolute atomic E-state index is 0.525. The molecule has 0 bridgehead atoms. The van der Waals surface area contributed by atoms with Crippen molar-refractivity contribution in [3.63, 3.8) is 0 Å². The van der Waals surface area contributed by atoms with Gasteiger partial charge in [-0.15, -0.1) is 0 Å². The van der Waals surface area contributed by atoms with Crippen LogP contribution in [0.5, 0.6) is 0 Å². The first-order valence-corrected chi connectivity index (χ1v) is 5.95. The van der Waals surface area contributed by atoms with Crippen LogP contribution in [-0.4, -0.2) is 30.4 Å². The summed E-state index contributed by atoms with van der Waals surface area (Å²) in [6, 6.07) is 7.34. The number of halogens is 1. The van der Waals surface area contributed by atoms with E-state index in [0.717, 1.165) is 12.1 Å². The third-order valence-corrected chi connectivity index (χ3v) is 2.55. The average molecular weight is 268 g/mol. The van der Waals surface area contributed by atoms with Gasteiger partial charge < -0.3 is 14.6 Å². The standard InChI is InChI=1S/C12H14ClN3O2/c1-17-6-5-14-8-11-15-12(16-18-11)9-3-2-4-10(13)7-9/h2-4,7,14H,5-6,8H2,1H3. The van der Waals surface area contributed by atoms with Crippen LogP contribution in [0.2, 0.25) is 5.02 Å². The van der Waals surface area contributed by atoms with Crippen LogP contribution in [0.15, 0.2) is 28.8 Å². The third kappa shape index (κ3) is 3.53. The first-order valence-electron chi connectivity index (χ1n) is 5.58. The van der Waals surface area contributed by atoms with E-state index in [0.29, 0.717) is 29.9 Å². The van der Waals surface area contributed by atoms with Gasteiger partial charge in [-0.2, -0.15) is 4.98 Å². The topological polar surface area (TPSA) is 60.2 Å². The van der Waals surface area contributed by atoms with Crippen molar-refractivity contribution >= 4 is 11.6 Å². The Kier molecular flexibility index (Phi) is 4.69. The molecule has 0 spiro atoms. The van der Waals surface area contributed by atoms with Gasteiger partial charge in [-0.25, -0.2) is 0 Å². The Morgan fingerprint density at radius 3 is 3.11 bits per heavy atom. The van der Waals surface area contributed by atoms with Crippen molar-refractivity contribution in [3.8, 4) is 11.4 Å². The molecule has 1 aromatic carbocycles. The first kappa shape index (κ1) is 13.0. The Morgan fingerprint density at radius 2 is 2.33 bits per heavy atom. The number of benzene rings is 1. The van der Waals surface area contributed by atoms with Crippen molar-refractivity contribution in [3.05, 3.63) is 35.2 Å². The second kappa shape index (κ2) is 6.49. The highest BCUT2D eigenvalue weighted by molar-refractivity contribution is 6.30. The zero-order valence-electron chi connectivity index (χ0n) is 10.0. The Balaban J connectivity index is 1.97. The lowest BCUT2D eigenvalue weighted by atomic mass is 10.2. The molecule has 2 aromatic rings.